The topological polar surface area (TPSA) is 54.0 Å². The fraction of sp³-hybridized carbons (Fsp3) is 0.412. The molecule has 1 aliphatic heterocycles. The van der Waals surface area contributed by atoms with Crippen molar-refractivity contribution in [1.82, 2.24) is 15.6 Å². The highest BCUT2D eigenvalue weighted by Gasteiger charge is 2.29. The number of aromatic nitrogens is 1. The van der Waals surface area contributed by atoms with Crippen molar-refractivity contribution in [3.63, 3.8) is 0 Å². The summed E-state index contributed by atoms with van der Waals surface area (Å²) >= 11 is 1.36. The standard InChI is InChI=1S/C17H19F2N3OS/c1-9-16(24-10(2)21-9)17(23)22-15-8-20-6-5-12(15)11-3-4-13(18)14(19)7-11/h3-4,7,12,15,20H,5-6,8H2,1-2H3,(H,22,23). The Morgan fingerprint density at radius 3 is 2.79 bits per heavy atom. The molecule has 1 aromatic carbocycles. The third-order valence-corrected chi connectivity index (χ3v) is 5.35. The number of halogens is 2. The van der Waals surface area contributed by atoms with Gasteiger partial charge in [-0.25, -0.2) is 13.8 Å². The van der Waals surface area contributed by atoms with Gasteiger partial charge in [0.1, 0.15) is 4.88 Å². The van der Waals surface area contributed by atoms with Crippen molar-refractivity contribution in [2.24, 2.45) is 0 Å². The van der Waals surface area contributed by atoms with E-state index in [1.807, 2.05) is 13.8 Å². The number of aryl methyl sites for hydroxylation is 2. The number of rotatable bonds is 3. The van der Waals surface area contributed by atoms with Gasteiger partial charge in [-0.15, -0.1) is 11.3 Å². The minimum absolute atomic E-state index is 0.0559. The van der Waals surface area contributed by atoms with E-state index in [9.17, 15) is 13.6 Å². The van der Waals surface area contributed by atoms with Gasteiger partial charge in [-0.3, -0.25) is 4.79 Å². The van der Waals surface area contributed by atoms with Gasteiger partial charge < -0.3 is 10.6 Å². The van der Waals surface area contributed by atoms with E-state index in [0.717, 1.165) is 24.0 Å². The van der Waals surface area contributed by atoms with Crippen LogP contribution < -0.4 is 10.6 Å². The molecule has 0 aliphatic carbocycles. The molecule has 1 aliphatic rings. The van der Waals surface area contributed by atoms with Crippen LogP contribution in [0.15, 0.2) is 18.2 Å². The highest BCUT2D eigenvalue weighted by Crippen LogP contribution is 2.27. The summed E-state index contributed by atoms with van der Waals surface area (Å²) in [5.74, 6) is -1.94. The van der Waals surface area contributed by atoms with E-state index in [0.29, 0.717) is 22.7 Å². The van der Waals surface area contributed by atoms with Crippen molar-refractivity contribution >= 4 is 17.2 Å². The number of thiazole rings is 1. The Morgan fingerprint density at radius 2 is 2.12 bits per heavy atom. The number of hydrogen-bond acceptors (Lipinski definition) is 4. The number of piperidine rings is 1. The molecular weight excluding hydrogens is 332 g/mol. The van der Waals surface area contributed by atoms with Crippen LogP contribution in [-0.4, -0.2) is 30.0 Å². The molecule has 7 heteroatoms. The van der Waals surface area contributed by atoms with Crippen LogP contribution in [0.2, 0.25) is 0 Å². The summed E-state index contributed by atoms with van der Waals surface area (Å²) in [6.07, 6.45) is 0.747. The minimum atomic E-state index is -0.857. The summed E-state index contributed by atoms with van der Waals surface area (Å²) in [4.78, 5) is 17.4. The second-order valence-electron chi connectivity index (χ2n) is 6.00. The molecule has 24 heavy (non-hydrogen) atoms. The summed E-state index contributed by atoms with van der Waals surface area (Å²) < 4.78 is 26.7. The van der Waals surface area contributed by atoms with E-state index < -0.39 is 11.6 Å². The van der Waals surface area contributed by atoms with Gasteiger partial charge >= 0.3 is 0 Å². The van der Waals surface area contributed by atoms with E-state index in [1.54, 1.807) is 6.07 Å². The Kier molecular flexibility index (Phi) is 4.91. The molecule has 3 rings (SSSR count). The summed E-state index contributed by atoms with van der Waals surface area (Å²) in [5, 5.41) is 7.11. The molecule has 1 amide bonds. The quantitative estimate of drug-likeness (QED) is 0.894. The number of carbonyl (C=O) groups excluding carboxylic acids is 1. The highest BCUT2D eigenvalue weighted by atomic mass is 32.1. The van der Waals surface area contributed by atoms with E-state index in [-0.39, 0.29) is 17.9 Å². The molecule has 1 saturated heterocycles. The van der Waals surface area contributed by atoms with Crippen LogP contribution in [-0.2, 0) is 0 Å². The maximum atomic E-state index is 13.6. The second kappa shape index (κ2) is 6.94. The Labute approximate surface area is 143 Å². The lowest BCUT2D eigenvalue weighted by Gasteiger charge is -2.33. The van der Waals surface area contributed by atoms with Crippen molar-refractivity contribution in [3.8, 4) is 0 Å². The SMILES string of the molecule is Cc1nc(C)c(C(=O)NC2CNCCC2c2ccc(F)c(F)c2)s1. The van der Waals surface area contributed by atoms with Gasteiger partial charge in [0.25, 0.3) is 5.91 Å². The van der Waals surface area contributed by atoms with E-state index in [2.05, 4.69) is 15.6 Å². The fourth-order valence-electron chi connectivity index (χ4n) is 3.13. The lowest BCUT2D eigenvalue weighted by molar-refractivity contribution is 0.0927. The maximum absolute atomic E-state index is 13.6. The summed E-state index contributed by atoms with van der Waals surface area (Å²) in [6, 6.07) is 3.78. The number of nitrogens with zero attached hydrogens (tertiary/aromatic N) is 1. The first-order chi connectivity index (χ1) is 11.5. The first kappa shape index (κ1) is 17.0. The largest absolute Gasteiger partial charge is 0.347 e. The number of hydrogen-bond donors (Lipinski definition) is 2. The minimum Gasteiger partial charge on any atom is -0.347 e. The Morgan fingerprint density at radius 1 is 1.33 bits per heavy atom. The normalized spacial score (nSPS) is 20.8. The van der Waals surface area contributed by atoms with Gasteiger partial charge in [-0.05, 0) is 44.5 Å². The second-order valence-corrected chi connectivity index (χ2v) is 7.20. The van der Waals surface area contributed by atoms with Crippen molar-refractivity contribution in [1.29, 1.82) is 0 Å². The van der Waals surface area contributed by atoms with Gasteiger partial charge in [0, 0.05) is 18.5 Å². The molecule has 0 bridgehead atoms. The predicted octanol–water partition coefficient (Wildman–Crippen LogP) is 2.91. The van der Waals surface area contributed by atoms with Crippen LogP contribution in [0.4, 0.5) is 8.78 Å². The molecule has 2 atom stereocenters. The van der Waals surface area contributed by atoms with Gasteiger partial charge in [-0.2, -0.15) is 0 Å². The number of amides is 1. The Balaban J connectivity index is 1.80. The number of benzene rings is 1. The van der Waals surface area contributed by atoms with E-state index >= 15 is 0 Å². The first-order valence-electron chi connectivity index (χ1n) is 7.86. The van der Waals surface area contributed by atoms with Crippen LogP contribution in [0, 0.1) is 25.5 Å². The molecule has 0 spiro atoms. The van der Waals surface area contributed by atoms with Gasteiger partial charge in [0.15, 0.2) is 11.6 Å². The molecule has 1 fully saturated rings. The smallest absolute Gasteiger partial charge is 0.263 e. The zero-order valence-electron chi connectivity index (χ0n) is 13.5. The van der Waals surface area contributed by atoms with Crippen LogP contribution in [0.3, 0.4) is 0 Å². The first-order valence-corrected chi connectivity index (χ1v) is 8.68. The molecule has 2 unspecified atom stereocenters. The zero-order chi connectivity index (χ0) is 17.3. The highest BCUT2D eigenvalue weighted by molar-refractivity contribution is 7.13. The van der Waals surface area contributed by atoms with Crippen molar-refractivity contribution in [2.75, 3.05) is 13.1 Å². The lowest BCUT2D eigenvalue weighted by Crippen LogP contribution is -2.50. The van der Waals surface area contributed by atoms with Crippen molar-refractivity contribution in [3.05, 3.63) is 51.0 Å². The third-order valence-electron chi connectivity index (χ3n) is 4.28. The summed E-state index contributed by atoms with van der Waals surface area (Å²) in [6.45, 7) is 5.03. The molecule has 4 nitrogen and oxygen atoms in total. The van der Waals surface area contributed by atoms with E-state index in [4.69, 9.17) is 0 Å². The van der Waals surface area contributed by atoms with Crippen LogP contribution >= 0.6 is 11.3 Å². The average molecular weight is 351 g/mol. The third kappa shape index (κ3) is 3.47. The van der Waals surface area contributed by atoms with Gasteiger partial charge in [0.05, 0.1) is 10.7 Å². The molecule has 1 aromatic heterocycles. The predicted molar refractivity (Wildman–Crippen MR) is 89.4 cm³/mol. The molecule has 0 radical (unpaired) electrons. The monoisotopic (exact) mass is 351 g/mol. The van der Waals surface area contributed by atoms with Gasteiger partial charge in [-0.1, -0.05) is 6.07 Å². The van der Waals surface area contributed by atoms with Crippen LogP contribution in [0.5, 0.6) is 0 Å². The fourth-order valence-corrected chi connectivity index (χ4v) is 3.95. The van der Waals surface area contributed by atoms with Crippen LogP contribution in [0.25, 0.3) is 0 Å². The summed E-state index contributed by atoms with van der Waals surface area (Å²) in [7, 11) is 0. The Bertz CT molecular complexity index is 762. The number of nitrogens with one attached hydrogen (secondary N) is 2. The molecule has 128 valence electrons. The molecular formula is C17H19F2N3OS. The number of carbonyl (C=O) groups is 1. The maximum Gasteiger partial charge on any atom is 0.263 e. The van der Waals surface area contributed by atoms with E-state index in [1.165, 1.54) is 17.4 Å². The van der Waals surface area contributed by atoms with Crippen molar-refractivity contribution in [2.45, 2.75) is 32.2 Å². The van der Waals surface area contributed by atoms with Crippen molar-refractivity contribution < 1.29 is 13.6 Å². The molecule has 0 saturated carbocycles. The van der Waals surface area contributed by atoms with Gasteiger partial charge in [0.2, 0.25) is 0 Å². The molecule has 2 heterocycles. The molecule has 2 N–H and O–H groups in total. The lowest BCUT2D eigenvalue weighted by atomic mass is 9.86. The van der Waals surface area contributed by atoms with Crippen LogP contribution in [0.1, 0.15) is 38.3 Å². The zero-order valence-corrected chi connectivity index (χ0v) is 14.3. The Hall–Kier alpha value is -1.86. The molecule has 2 aromatic rings. The average Bonchev–Trinajstić information content (AvgIpc) is 2.89. The summed E-state index contributed by atoms with van der Waals surface area (Å²) in [5.41, 5.74) is 1.42.